The molecule has 1 aliphatic carbocycles. The summed E-state index contributed by atoms with van der Waals surface area (Å²) >= 11 is 0. The average Bonchev–Trinajstić information content (AvgIpc) is 2.60. The van der Waals surface area contributed by atoms with E-state index in [2.05, 4.69) is 5.48 Å². The molecule has 0 radical (unpaired) electrons. The second kappa shape index (κ2) is 4.60. The van der Waals surface area contributed by atoms with Gasteiger partial charge in [-0.1, -0.05) is 19.3 Å². The van der Waals surface area contributed by atoms with Crippen LogP contribution in [0.1, 0.15) is 44.9 Å². The van der Waals surface area contributed by atoms with Gasteiger partial charge in [-0.3, -0.25) is 0 Å². The van der Waals surface area contributed by atoms with Gasteiger partial charge in [0.1, 0.15) is 0 Å². The van der Waals surface area contributed by atoms with E-state index in [9.17, 15) is 0 Å². The first-order valence-corrected chi connectivity index (χ1v) is 5.78. The van der Waals surface area contributed by atoms with E-state index in [1.807, 2.05) is 0 Å². The van der Waals surface area contributed by atoms with E-state index in [0.717, 1.165) is 6.54 Å². The van der Waals surface area contributed by atoms with Gasteiger partial charge in [0.25, 0.3) is 0 Å². The maximum absolute atomic E-state index is 6.15. The van der Waals surface area contributed by atoms with Crippen LogP contribution in [0.4, 0.5) is 0 Å². The zero-order chi connectivity index (χ0) is 9.86. The quantitative estimate of drug-likeness (QED) is 0.705. The van der Waals surface area contributed by atoms with Gasteiger partial charge in [0.2, 0.25) is 0 Å². The molecule has 82 valence electrons. The van der Waals surface area contributed by atoms with Crippen LogP contribution in [0.5, 0.6) is 0 Å². The summed E-state index contributed by atoms with van der Waals surface area (Å²) in [4.78, 5) is 4.85. The highest BCUT2D eigenvalue weighted by atomic mass is 16.6. The molecule has 1 atom stereocenters. The van der Waals surface area contributed by atoms with Gasteiger partial charge < -0.3 is 9.57 Å². The third-order valence-corrected chi connectivity index (χ3v) is 3.56. The molecule has 1 unspecified atom stereocenters. The summed E-state index contributed by atoms with van der Waals surface area (Å²) < 4.78 is 6.15. The van der Waals surface area contributed by atoms with Gasteiger partial charge in [0.05, 0.1) is 18.8 Å². The summed E-state index contributed by atoms with van der Waals surface area (Å²) in [5, 5.41) is 0. The second-order valence-corrected chi connectivity index (χ2v) is 4.57. The van der Waals surface area contributed by atoms with Gasteiger partial charge >= 0.3 is 0 Å². The van der Waals surface area contributed by atoms with E-state index in [1.54, 1.807) is 7.11 Å². The fourth-order valence-electron chi connectivity index (χ4n) is 2.78. The molecule has 2 fully saturated rings. The summed E-state index contributed by atoms with van der Waals surface area (Å²) in [5.41, 5.74) is 3.14. The molecule has 1 aliphatic heterocycles. The van der Waals surface area contributed by atoms with Gasteiger partial charge in [0.15, 0.2) is 0 Å². The van der Waals surface area contributed by atoms with Crippen LogP contribution in [0.25, 0.3) is 0 Å². The lowest BCUT2D eigenvalue weighted by Crippen LogP contribution is -2.34. The van der Waals surface area contributed by atoms with E-state index < -0.39 is 0 Å². The second-order valence-electron chi connectivity index (χ2n) is 4.57. The van der Waals surface area contributed by atoms with Crippen LogP contribution < -0.4 is 5.48 Å². The molecule has 3 heteroatoms. The van der Waals surface area contributed by atoms with Crippen molar-refractivity contribution in [2.45, 2.75) is 56.7 Å². The predicted molar refractivity (Wildman–Crippen MR) is 54.9 cm³/mol. The Balaban J connectivity index is 1.80. The largest absolute Gasteiger partial charge is 0.370 e. The third-order valence-electron chi connectivity index (χ3n) is 3.56. The van der Waals surface area contributed by atoms with Gasteiger partial charge in [0, 0.05) is 6.54 Å². The Morgan fingerprint density at radius 3 is 2.79 bits per heavy atom. The van der Waals surface area contributed by atoms with E-state index >= 15 is 0 Å². The molecule has 1 saturated heterocycles. The topological polar surface area (TPSA) is 30.5 Å². The zero-order valence-electron chi connectivity index (χ0n) is 9.05. The normalized spacial score (nSPS) is 31.1. The van der Waals surface area contributed by atoms with Crippen molar-refractivity contribution in [3.05, 3.63) is 0 Å². The molecule has 0 aromatic heterocycles. The van der Waals surface area contributed by atoms with Crippen molar-refractivity contribution >= 4 is 0 Å². The highest BCUT2D eigenvalue weighted by Gasteiger charge is 2.40. The molecule has 0 bridgehead atoms. The Labute approximate surface area is 86.1 Å². The summed E-state index contributed by atoms with van der Waals surface area (Å²) in [6.45, 7) is 0.832. The lowest BCUT2D eigenvalue weighted by molar-refractivity contribution is -0.0735. The number of nitrogens with one attached hydrogen (secondary N) is 1. The molecule has 1 N–H and O–H groups in total. The Morgan fingerprint density at radius 1 is 1.29 bits per heavy atom. The molecule has 1 spiro atoms. The Kier molecular flexibility index (Phi) is 3.42. The molecule has 2 aliphatic rings. The molecule has 14 heavy (non-hydrogen) atoms. The maximum Gasteiger partial charge on any atom is 0.0731 e. The first-order valence-electron chi connectivity index (χ1n) is 5.78. The average molecular weight is 199 g/mol. The third kappa shape index (κ3) is 2.27. The zero-order valence-corrected chi connectivity index (χ0v) is 9.05. The van der Waals surface area contributed by atoms with Crippen LogP contribution in [0.15, 0.2) is 0 Å². The van der Waals surface area contributed by atoms with Crippen LogP contribution in [-0.2, 0) is 9.57 Å². The molecule has 2 rings (SSSR count). The van der Waals surface area contributed by atoms with Crippen molar-refractivity contribution < 1.29 is 9.57 Å². The Morgan fingerprint density at radius 2 is 2.07 bits per heavy atom. The predicted octanol–water partition coefficient (Wildman–Crippen LogP) is 2.02. The molecular weight excluding hydrogens is 178 g/mol. The van der Waals surface area contributed by atoms with E-state index in [1.165, 1.54) is 44.9 Å². The van der Waals surface area contributed by atoms with E-state index in [4.69, 9.17) is 9.57 Å². The highest BCUT2D eigenvalue weighted by molar-refractivity contribution is 4.91. The first-order chi connectivity index (χ1) is 6.85. The van der Waals surface area contributed by atoms with Crippen molar-refractivity contribution in [1.82, 2.24) is 5.48 Å². The van der Waals surface area contributed by atoms with Crippen LogP contribution >= 0.6 is 0 Å². The van der Waals surface area contributed by atoms with Crippen molar-refractivity contribution in [3.8, 4) is 0 Å². The summed E-state index contributed by atoms with van der Waals surface area (Å²) in [7, 11) is 1.66. The standard InChI is InChI=1S/C11H21NO2/c1-13-12-9-10-5-8-11(14-10)6-3-2-4-7-11/h10,12H,2-9H2,1H3. The van der Waals surface area contributed by atoms with Gasteiger partial charge in [-0.05, 0) is 25.7 Å². The number of hydrogen-bond donors (Lipinski definition) is 1. The molecule has 0 aromatic carbocycles. The van der Waals surface area contributed by atoms with Crippen LogP contribution in [0.3, 0.4) is 0 Å². The maximum atomic E-state index is 6.15. The van der Waals surface area contributed by atoms with Crippen LogP contribution in [0, 0.1) is 0 Å². The number of hydrogen-bond acceptors (Lipinski definition) is 3. The Bertz CT molecular complexity index is 178. The van der Waals surface area contributed by atoms with Crippen LogP contribution in [0.2, 0.25) is 0 Å². The smallest absolute Gasteiger partial charge is 0.0731 e. The summed E-state index contributed by atoms with van der Waals surface area (Å²) in [6, 6.07) is 0. The monoisotopic (exact) mass is 199 g/mol. The number of ether oxygens (including phenoxy) is 1. The molecule has 1 heterocycles. The highest BCUT2D eigenvalue weighted by Crippen LogP contribution is 2.41. The SMILES string of the molecule is CONCC1CCC2(CCCCC2)O1. The van der Waals surface area contributed by atoms with E-state index in [-0.39, 0.29) is 5.60 Å². The van der Waals surface area contributed by atoms with E-state index in [0.29, 0.717) is 6.10 Å². The van der Waals surface area contributed by atoms with Crippen molar-refractivity contribution in [1.29, 1.82) is 0 Å². The molecule has 0 aromatic rings. The van der Waals surface area contributed by atoms with Gasteiger partial charge in [-0.2, -0.15) is 0 Å². The minimum Gasteiger partial charge on any atom is -0.370 e. The van der Waals surface area contributed by atoms with Gasteiger partial charge in [-0.25, -0.2) is 5.48 Å². The molecular formula is C11H21NO2. The fourth-order valence-corrected chi connectivity index (χ4v) is 2.78. The minimum atomic E-state index is 0.248. The fraction of sp³-hybridized carbons (Fsp3) is 1.00. The number of rotatable bonds is 3. The summed E-state index contributed by atoms with van der Waals surface area (Å²) in [6.07, 6.45) is 9.46. The summed E-state index contributed by atoms with van der Waals surface area (Å²) in [5.74, 6) is 0. The Hall–Kier alpha value is -0.120. The lowest BCUT2D eigenvalue weighted by atomic mass is 9.83. The van der Waals surface area contributed by atoms with Crippen molar-refractivity contribution in [2.24, 2.45) is 0 Å². The molecule has 3 nitrogen and oxygen atoms in total. The van der Waals surface area contributed by atoms with Gasteiger partial charge in [-0.15, -0.1) is 0 Å². The van der Waals surface area contributed by atoms with Crippen molar-refractivity contribution in [2.75, 3.05) is 13.7 Å². The minimum absolute atomic E-state index is 0.248. The van der Waals surface area contributed by atoms with Crippen molar-refractivity contribution in [3.63, 3.8) is 0 Å². The molecule has 0 amide bonds. The number of hydroxylamine groups is 1. The van der Waals surface area contributed by atoms with Crippen LogP contribution in [-0.4, -0.2) is 25.4 Å². The molecule has 1 saturated carbocycles. The first kappa shape index (κ1) is 10.4. The lowest BCUT2D eigenvalue weighted by Gasteiger charge is -2.33.